The van der Waals surface area contributed by atoms with E-state index in [1.54, 1.807) is 0 Å². The first-order valence-corrected chi connectivity index (χ1v) is 21.8. The molecule has 0 aliphatic rings. The molecule has 1 N–H and O–H groups in total. The molecule has 2 rings (SSSR count). The molecule has 5 heteroatoms. The van der Waals surface area contributed by atoms with Crippen LogP contribution in [0.25, 0.3) is 0 Å². The first-order chi connectivity index (χ1) is 17.7. The summed E-state index contributed by atoms with van der Waals surface area (Å²) in [5, 5.41) is 0. The van der Waals surface area contributed by atoms with E-state index in [1.165, 1.54) is 22.3 Å². The Morgan fingerprint density at radius 3 is 1.45 bits per heavy atom. The quantitative estimate of drug-likeness (QED) is 0.329. The molecule has 226 valence electrons. The normalized spacial score (nSPS) is 13.9. The van der Waals surface area contributed by atoms with Gasteiger partial charge in [0, 0.05) is 22.3 Å². The molecule has 0 spiro atoms. The fourth-order valence-electron chi connectivity index (χ4n) is 5.54. The molecular formula is C35H61NO2Si2. The Balaban J connectivity index is 2.92. The standard InChI is InChI=1S/C35H61NO2Si2/c1-24-22-27(34(8,9)10)31(37-23-40(17,18)36-39(14,15)16)28(35(11,12)13)29(24)38-30-25(32(2,3)4)20-19-21-26(30)33(5,6)7/h19-22,36H,23H2,1-18H3. The van der Waals surface area contributed by atoms with Crippen molar-refractivity contribution in [1.82, 2.24) is 4.65 Å². The number of aryl methyl sites for hydroxylation is 1. The molecule has 0 saturated carbocycles. The average Bonchev–Trinajstić information content (AvgIpc) is 2.68. The molecule has 0 aliphatic carbocycles. The molecule has 3 nitrogen and oxygen atoms in total. The van der Waals surface area contributed by atoms with Crippen molar-refractivity contribution in [2.24, 2.45) is 0 Å². The number of hydrogen-bond acceptors (Lipinski definition) is 3. The predicted octanol–water partition coefficient (Wildman–Crippen LogP) is 10.5. The van der Waals surface area contributed by atoms with Crippen LogP contribution in [0.4, 0.5) is 0 Å². The Morgan fingerprint density at radius 2 is 1.07 bits per heavy atom. The molecule has 0 heterocycles. The van der Waals surface area contributed by atoms with Crippen molar-refractivity contribution in [3.05, 3.63) is 52.1 Å². The lowest BCUT2D eigenvalue weighted by Crippen LogP contribution is -2.60. The van der Waals surface area contributed by atoms with Crippen molar-refractivity contribution in [2.75, 3.05) is 6.23 Å². The van der Waals surface area contributed by atoms with Gasteiger partial charge in [-0.25, -0.2) is 0 Å². The Kier molecular flexibility index (Phi) is 9.75. The highest BCUT2D eigenvalue weighted by Crippen LogP contribution is 2.50. The van der Waals surface area contributed by atoms with Gasteiger partial charge in [-0.1, -0.05) is 134 Å². The molecule has 2 aromatic carbocycles. The monoisotopic (exact) mass is 583 g/mol. The average molecular weight is 584 g/mol. The number of benzene rings is 2. The lowest BCUT2D eigenvalue weighted by molar-refractivity contribution is 0.340. The van der Waals surface area contributed by atoms with E-state index >= 15 is 0 Å². The van der Waals surface area contributed by atoms with Gasteiger partial charge in [-0.3, -0.25) is 0 Å². The van der Waals surface area contributed by atoms with Gasteiger partial charge in [-0.05, 0) is 40.2 Å². The maximum Gasteiger partial charge on any atom is 0.155 e. The lowest BCUT2D eigenvalue weighted by atomic mass is 9.77. The lowest BCUT2D eigenvalue weighted by Gasteiger charge is -2.36. The van der Waals surface area contributed by atoms with E-state index in [2.05, 4.69) is 152 Å². The highest BCUT2D eigenvalue weighted by atomic mass is 28.4. The van der Waals surface area contributed by atoms with E-state index in [0.717, 1.165) is 29.0 Å². The highest BCUT2D eigenvalue weighted by molar-refractivity contribution is 6.90. The van der Waals surface area contributed by atoms with Crippen molar-refractivity contribution in [3.63, 3.8) is 0 Å². The number of hydrogen-bond donors (Lipinski definition) is 1. The smallest absolute Gasteiger partial charge is 0.155 e. The summed E-state index contributed by atoms with van der Waals surface area (Å²) < 4.78 is 18.2. The van der Waals surface area contributed by atoms with Gasteiger partial charge in [0.1, 0.15) is 25.5 Å². The van der Waals surface area contributed by atoms with Gasteiger partial charge in [-0.2, -0.15) is 0 Å². The minimum absolute atomic E-state index is 0.0603. The maximum absolute atomic E-state index is 7.23. The van der Waals surface area contributed by atoms with Gasteiger partial charge in [-0.15, -0.1) is 0 Å². The van der Waals surface area contributed by atoms with Crippen LogP contribution in [0.3, 0.4) is 0 Å². The van der Waals surface area contributed by atoms with Crippen molar-refractivity contribution in [1.29, 1.82) is 0 Å². The van der Waals surface area contributed by atoms with Crippen LogP contribution < -0.4 is 14.1 Å². The number of para-hydroxylation sites is 1. The van der Waals surface area contributed by atoms with Crippen molar-refractivity contribution >= 4 is 16.5 Å². The summed E-state index contributed by atoms with van der Waals surface area (Å²) in [6.07, 6.45) is 0.720. The number of nitrogens with one attached hydrogen (secondary N) is 1. The van der Waals surface area contributed by atoms with Crippen LogP contribution in [-0.4, -0.2) is 22.7 Å². The Bertz CT molecular complexity index is 1160. The summed E-state index contributed by atoms with van der Waals surface area (Å²) in [4.78, 5) is 0. The van der Waals surface area contributed by atoms with Gasteiger partial charge < -0.3 is 14.1 Å². The zero-order valence-electron chi connectivity index (χ0n) is 29.3. The van der Waals surface area contributed by atoms with Gasteiger partial charge in [0.15, 0.2) is 8.24 Å². The summed E-state index contributed by atoms with van der Waals surface area (Å²) in [6, 6.07) is 8.96. The molecule has 0 aromatic heterocycles. The van der Waals surface area contributed by atoms with Gasteiger partial charge in [0.2, 0.25) is 0 Å². The van der Waals surface area contributed by atoms with Crippen LogP contribution >= 0.6 is 0 Å². The van der Waals surface area contributed by atoms with E-state index in [4.69, 9.17) is 9.47 Å². The number of ether oxygens (including phenoxy) is 2. The second-order valence-corrected chi connectivity index (χ2v) is 27.2. The maximum atomic E-state index is 7.23. The molecule has 0 unspecified atom stereocenters. The molecule has 0 aliphatic heterocycles. The Labute approximate surface area is 250 Å². The molecule has 0 atom stereocenters. The van der Waals surface area contributed by atoms with E-state index in [-0.39, 0.29) is 21.7 Å². The first kappa shape index (κ1) is 34.6. The van der Waals surface area contributed by atoms with Crippen LogP contribution in [0.5, 0.6) is 17.2 Å². The van der Waals surface area contributed by atoms with Crippen LogP contribution in [-0.2, 0) is 21.7 Å². The van der Waals surface area contributed by atoms with Crippen LogP contribution in [0.2, 0.25) is 32.7 Å². The second-order valence-electron chi connectivity index (χ2n) is 17.6. The summed E-state index contributed by atoms with van der Waals surface area (Å²) in [5.74, 6) is 2.93. The third kappa shape index (κ3) is 8.72. The van der Waals surface area contributed by atoms with Crippen LogP contribution in [0, 0.1) is 6.92 Å². The van der Waals surface area contributed by atoms with Crippen LogP contribution in [0.1, 0.15) is 111 Å². The van der Waals surface area contributed by atoms with E-state index in [0.29, 0.717) is 0 Å². The van der Waals surface area contributed by atoms with Gasteiger partial charge in [0.05, 0.1) is 6.23 Å². The summed E-state index contributed by atoms with van der Waals surface area (Å²) in [6.45, 7) is 41.5. The molecule has 0 bridgehead atoms. The SMILES string of the molecule is Cc1cc(C(C)(C)C)c(OC[Si](C)(C)N[Si](C)(C)C)c(C(C)(C)C)c1Oc1c(C(C)(C)C)cccc1C(C)(C)C. The molecule has 0 radical (unpaired) electrons. The van der Waals surface area contributed by atoms with Crippen molar-refractivity contribution in [3.8, 4) is 17.2 Å². The third-order valence-electron chi connectivity index (χ3n) is 7.10. The number of rotatable bonds is 7. The molecular weight excluding hydrogens is 523 g/mol. The summed E-state index contributed by atoms with van der Waals surface area (Å²) in [5.41, 5.74) is 5.65. The Morgan fingerprint density at radius 1 is 0.625 bits per heavy atom. The highest BCUT2D eigenvalue weighted by Gasteiger charge is 2.36. The third-order valence-corrected chi connectivity index (χ3v) is 13.7. The minimum Gasteiger partial charge on any atom is -0.495 e. The zero-order valence-corrected chi connectivity index (χ0v) is 31.3. The van der Waals surface area contributed by atoms with Crippen molar-refractivity contribution in [2.45, 2.75) is 144 Å². The van der Waals surface area contributed by atoms with Gasteiger partial charge >= 0.3 is 0 Å². The first-order valence-electron chi connectivity index (χ1n) is 15.1. The van der Waals surface area contributed by atoms with E-state index < -0.39 is 16.5 Å². The predicted molar refractivity (Wildman–Crippen MR) is 182 cm³/mol. The fourth-order valence-corrected chi connectivity index (χ4v) is 14.5. The molecule has 40 heavy (non-hydrogen) atoms. The van der Waals surface area contributed by atoms with Crippen LogP contribution in [0.15, 0.2) is 24.3 Å². The second kappa shape index (κ2) is 11.3. The summed E-state index contributed by atoms with van der Waals surface area (Å²) >= 11 is 0. The van der Waals surface area contributed by atoms with Crippen molar-refractivity contribution < 1.29 is 9.47 Å². The molecule has 2 aromatic rings. The summed E-state index contributed by atoms with van der Waals surface area (Å²) in [7, 11) is -3.25. The molecule has 0 amide bonds. The van der Waals surface area contributed by atoms with E-state index in [1.807, 2.05) is 0 Å². The minimum atomic E-state index is -1.81. The Hall–Kier alpha value is -1.57. The topological polar surface area (TPSA) is 30.5 Å². The molecule has 0 fully saturated rings. The van der Waals surface area contributed by atoms with E-state index in [9.17, 15) is 0 Å². The fraction of sp³-hybridized carbons (Fsp3) is 0.657. The van der Waals surface area contributed by atoms with Gasteiger partial charge in [0.25, 0.3) is 0 Å². The largest absolute Gasteiger partial charge is 0.495 e. The zero-order chi connectivity index (χ0) is 31.3. The molecule has 0 saturated heterocycles.